The van der Waals surface area contributed by atoms with Crippen molar-refractivity contribution >= 4 is 11.8 Å². The van der Waals surface area contributed by atoms with Gasteiger partial charge in [-0.3, -0.25) is 9.59 Å². The maximum atomic E-state index is 12.4. The summed E-state index contributed by atoms with van der Waals surface area (Å²) in [4.78, 5) is 24.6. The molecule has 172 valence electrons. The molecule has 6 nitrogen and oxygen atoms in total. The Hall–Kier alpha value is -0.621. The number of nitrogens with one attached hydrogen (secondary N) is 2. The van der Waals surface area contributed by atoms with Crippen molar-refractivity contribution in [1.29, 1.82) is 0 Å². The van der Waals surface area contributed by atoms with Gasteiger partial charge in [-0.05, 0) is 76.0 Å². The molecule has 31 heavy (non-hydrogen) atoms. The Kier molecular flexibility index (Phi) is 16.6. The molecule has 0 aromatic rings. The fraction of sp³-hybridized carbons (Fsp3) is 0.500. The van der Waals surface area contributed by atoms with Gasteiger partial charge in [0.15, 0.2) is 0 Å². The zero-order valence-corrected chi connectivity index (χ0v) is 20.0. The van der Waals surface area contributed by atoms with E-state index in [0.29, 0.717) is 18.9 Å². The van der Waals surface area contributed by atoms with E-state index in [0.717, 1.165) is 5.92 Å². The SMILES string of the molecule is CC(C)C[C@H](N)[C@@H](O)CC(=O)N[C@H](C(=O)NC[C]1[CH][CH][CH][CH]1)C(C)C.[CH]1[CH][CH][CH][CH]1.[Fe+2]. The molecule has 0 unspecified atom stereocenters. The summed E-state index contributed by atoms with van der Waals surface area (Å²) in [5, 5.41) is 15.6. The normalized spacial score (nSPS) is 19.2. The van der Waals surface area contributed by atoms with E-state index in [9.17, 15) is 14.7 Å². The number of hydrogen-bond acceptors (Lipinski definition) is 4. The van der Waals surface area contributed by atoms with Crippen molar-refractivity contribution in [3.8, 4) is 0 Å². The Morgan fingerprint density at radius 3 is 1.94 bits per heavy atom. The molecule has 0 aromatic heterocycles. The number of rotatable bonds is 10. The second-order valence-electron chi connectivity index (χ2n) is 8.33. The van der Waals surface area contributed by atoms with Gasteiger partial charge in [0.1, 0.15) is 6.04 Å². The van der Waals surface area contributed by atoms with Crippen LogP contribution in [0.4, 0.5) is 0 Å². The topological polar surface area (TPSA) is 104 Å². The molecular formula is C24H37FeN3O3+2. The number of aliphatic hydroxyl groups is 1. The van der Waals surface area contributed by atoms with E-state index in [1.165, 1.54) is 0 Å². The molecular weight excluding hydrogens is 434 g/mol. The van der Waals surface area contributed by atoms with Crippen LogP contribution in [-0.2, 0) is 26.7 Å². The average molecular weight is 471 g/mol. The molecule has 2 rings (SSSR count). The number of aliphatic hydroxyl groups excluding tert-OH is 1. The van der Waals surface area contributed by atoms with Crippen LogP contribution in [0.1, 0.15) is 40.5 Å². The molecule has 0 aliphatic heterocycles. The summed E-state index contributed by atoms with van der Waals surface area (Å²) in [6.07, 6.45) is 17.3. The summed E-state index contributed by atoms with van der Waals surface area (Å²) in [5.74, 6) is 0.694. The molecule has 2 saturated carbocycles. The third kappa shape index (κ3) is 13.5. The summed E-state index contributed by atoms with van der Waals surface area (Å²) in [5.41, 5.74) is 5.91. The predicted molar refractivity (Wildman–Crippen MR) is 120 cm³/mol. The van der Waals surface area contributed by atoms with Gasteiger partial charge in [-0.1, -0.05) is 27.7 Å². The monoisotopic (exact) mass is 471 g/mol. The maximum absolute atomic E-state index is 12.4. The Bertz CT molecular complexity index is 485. The van der Waals surface area contributed by atoms with Crippen molar-refractivity contribution in [1.82, 2.24) is 10.6 Å². The van der Waals surface area contributed by atoms with E-state index < -0.39 is 18.2 Å². The van der Waals surface area contributed by atoms with Crippen molar-refractivity contribution in [2.24, 2.45) is 17.6 Å². The minimum Gasteiger partial charge on any atom is -0.391 e. The van der Waals surface area contributed by atoms with Crippen molar-refractivity contribution in [3.63, 3.8) is 0 Å². The molecule has 0 heterocycles. The fourth-order valence-electron chi connectivity index (χ4n) is 2.96. The zero-order valence-electron chi connectivity index (χ0n) is 18.9. The zero-order chi connectivity index (χ0) is 22.5. The van der Waals surface area contributed by atoms with Crippen LogP contribution >= 0.6 is 0 Å². The van der Waals surface area contributed by atoms with Crippen LogP contribution in [-0.4, -0.2) is 41.7 Å². The molecule has 10 radical (unpaired) electrons. The first-order valence-electron chi connectivity index (χ1n) is 10.6. The molecule has 0 aromatic carbocycles. The first kappa shape index (κ1) is 30.4. The van der Waals surface area contributed by atoms with Crippen LogP contribution in [0, 0.1) is 75.5 Å². The quantitative estimate of drug-likeness (QED) is 0.365. The van der Waals surface area contributed by atoms with Crippen LogP contribution < -0.4 is 16.4 Å². The fourth-order valence-corrected chi connectivity index (χ4v) is 2.96. The Balaban J connectivity index is 0.00000131. The Morgan fingerprint density at radius 2 is 1.48 bits per heavy atom. The van der Waals surface area contributed by atoms with Crippen LogP contribution in [0.25, 0.3) is 0 Å². The summed E-state index contributed by atoms with van der Waals surface area (Å²) >= 11 is 0. The molecule has 0 saturated heterocycles. The standard InChI is InChI=1S/C19H32N3O3.C5H5.Fe/c1-12(2)9-15(20)16(23)10-17(24)22-18(13(3)4)19(25)21-11-14-7-5-6-8-14;1-2-4-5-3-1;/h5-8,12-13,15-16,18,23H,9-11,20H2,1-4H3,(H,21,25)(H,22,24);1-5H;/q;;+2/t15-,16-,18-;;/m0../s1. The number of carbonyl (C=O) groups is 2. The summed E-state index contributed by atoms with van der Waals surface area (Å²) in [6, 6.07) is -1.09. The van der Waals surface area contributed by atoms with Gasteiger partial charge in [0.05, 0.1) is 12.5 Å². The number of carbonyl (C=O) groups excluding carboxylic acids is 2. The van der Waals surface area contributed by atoms with Gasteiger partial charge in [0.2, 0.25) is 11.8 Å². The molecule has 5 N–H and O–H groups in total. The smallest absolute Gasteiger partial charge is 0.391 e. The van der Waals surface area contributed by atoms with E-state index in [1.807, 2.05) is 85.5 Å². The number of amides is 2. The molecule has 0 bridgehead atoms. The van der Waals surface area contributed by atoms with Gasteiger partial charge >= 0.3 is 17.1 Å². The van der Waals surface area contributed by atoms with Crippen molar-refractivity contribution in [3.05, 3.63) is 63.7 Å². The summed E-state index contributed by atoms with van der Waals surface area (Å²) in [6.45, 7) is 8.19. The first-order chi connectivity index (χ1) is 14.2. The van der Waals surface area contributed by atoms with Crippen molar-refractivity contribution in [2.45, 2.75) is 58.7 Å². The molecule has 2 amide bonds. The Morgan fingerprint density at radius 1 is 0.968 bits per heavy atom. The van der Waals surface area contributed by atoms with Gasteiger partial charge in [-0.15, -0.1) is 0 Å². The first-order valence-corrected chi connectivity index (χ1v) is 10.6. The van der Waals surface area contributed by atoms with Crippen molar-refractivity contribution in [2.75, 3.05) is 6.54 Å². The van der Waals surface area contributed by atoms with E-state index >= 15 is 0 Å². The molecule has 3 atom stereocenters. The number of hydrogen-bond donors (Lipinski definition) is 4. The van der Waals surface area contributed by atoms with Gasteiger partial charge < -0.3 is 21.5 Å². The van der Waals surface area contributed by atoms with Crippen LogP contribution in [0.2, 0.25) is 0 Å². The van der Waals surface area contributed by atoms with E-state index in [2.05, 4.69) is 10.6 Å². The van der Waals surface area contributed by atoms with Gasteiger partial charge in [0, 0.05) is 18.5 Å². The maximum Gasteiger partial charge on any atom is 2.00 e. The van der Waals surface area contributed by atoms with Gasteiger partial charge in [-0.2, -0.15) is 0 Å². The minimum absolute atomic E-state index is 0. The van der Waals surface area contributed by atoms with Crippen molar-refractivity contribution < 1.29 is 31.8 Å². The van der Waals surface area contributed by atoms with Crippen LogP contribution in [0.3, 0.4) is 0 Å². The molecule has 0 spiro atoms. The van der Waals surface area contributed by atoms with E-state index in [-0.39, 0.29) is 41.2 Å². The number of nitrogens with two attached hydrogens (primary N) is 1. The minimum atomic E-state index is -0.914. The van der Waals surface area contributed by atoms with E-state index in [4.69, 9.17) is 5.73 Å². The third-order valence-electron chi connectivity index (χ3n) is 4.65. The molecule has 2 aliphatic rings. The van der Waals surface area contributed by atoms with Crippen LogP contribution in [0.5, 0.6) is 0 Å². The second kappa shape index (κ2) is 16.9. The molecule has 2 aliphatic carbocycles. The van der Waals surface area contributed by atoms with Gasteiger partial charge in [-0.25, -0.2) is 0 Å². The van der Waals surface area contributed by atoms with Gasteiger partial charge in [0.25, 0.3) is 0 Å². The predicted octanol–water partition coefficient (Wildman–Crippen LogP) is 1.79. The third-order valence-corrected chi connectivity index (χ3v) is 4.65. The summed E-state index contributed by atoms with van der Waals surface area (Å²) < 4.78 is 0. The summed E-state index contributed by atoms with van der Waals surface area (Å²) in [7, 11) is 0. The largest absolute Gasteiger partial charge is 2.00 e. The Labute approximate surface area is 200 Å². The average Bonchev–Trinajstić information content (AvgIpc) is 3.39. The second-order valence-corrected chi connectivity index (χ2v) is 8.33. The molecule has 7 heteroatoms. The van der Waals surface area contributed by atoms with E-state index in [1.54, 1.807) is 0 Å². The van der Waals surface area contributed by atoms with Crippen LogP contribution in [0.15, 0.2) is 0 Å². The molecule has 2 fully saturated rings.